The molecule has 7 nitrogen and oxygen atoms in total. The predicted molar refractivity (Wildman–Crippen MR) is 64.6 cm³/mol. The average molecular weight is 247 g/mol. The van der Waals surface area contributed by atoms with Gasteiger partial charge < -0.3 is 10.1 Å². The number of methoxy groups -OCH3 is 1. The smallest absolute Gasteiger partial charge is 0.358 e. The van der Waals surface area contributed by atoms with Crippen LogP contribution in [-0.4, -0.2) is 32.8 Å². The second-order valence-electron chi connectivity index (χ2n) is 3.71. The minimum Gasteiger partial charge on any atom is -0.464 e. The second kappa shape index (κ2) is 4.82. The Morgan fingerprint density at radius 3 is 2.83 bits per heavy atom. The molecule has 0 saturated carbocycles. The van der Waals surface area contributed by atoms with E-state index in [0.29, 0.717) is 5.82 Å². The van der Waals surface area contributed by atoms with E-state index >= 15 is 0 Å². The van der Waals surface area contributed by atoms with Gasteiger partial charge in [-0.2, -0.15) is 5.10 Å². The predicted octanol–water partition coefficient (Wildman–Crippen LogP) is 1.05. The Kier molecular flexibility index (Phi) is 3.22. The van der Waals surface area contributed by atoms with Gasteiger partial charge in [-0.15, -0.1) is 0 Å². The number of anilines is 2. The highest BCUT2D eigenvalue weighted by atomic mass is 16.5. The van der Waals surface area contributed by atoms with Crippen molar-refractivity contribution in [2.24, 2.45) is 7.05 Å². The zero-order valence-electron chi connectivity index (χ0n) is 10.3. The molecule has 2 aromatic rings. The molecule has 0 bridgehead atoms. The van der Waals surface area contributed by atoms with Gasteiger partial charge in [-0.05, 0) is 6.92 Å². The zero-order chi connectivity index (χ0) is 13.1. The van der Waals surface area contributed by atoms with Gasteiger partial charge in [0.15, 0.2) is 5.69 Å². The van der Waals surface area contributed by atoms with E-state index in [-0.39, 0.29) is 5.69 Å². The van der Waals surface area contributed by atoms with E-state index in [4.69, 9.17) is 0 Å². The molecule has 0 amide bonds. The number of carbonyl (C=O) groups is 1. The fourth-order valence-corrected chi connectivity index (χ4v) is 1.49. The molecule has 0 aromatic carbocycles. The van der Waals surface area contributed by atoms with Crippen molar-refractivity contribution in [3.8, 4) is 0 Å². The number of carbonyl (C=O) groups excluding carboxylic acids is 1. The van der Waals surface area contributed by atoms with Crippen LogP contribution in [0.5, 0.6) is 0 Å². The Labute approximate surface area is 104 Å². The number of hydrogen-bond donors (Lipinski definition) is 1. The van der Waals surface area contributed by atoms with Crippen LogP contribution in [0.3, 0.4) is 0 Å². The van der Waals surface area contributed by atoms with Gasteiger partial charge in [0, 0.05) is 13.2 Å². The maximum Gasteiger partial charge on any atom is 0.358 e. The molecule has 2 rings (SSSR count). The number of nitrogens with zero attached hydrogens (tertiary/aromatic N) is 4. The van der Waals surface area contributed by atoms with Gasteiger partial charge in [0.1, 0.15) is 5.82 Å². The van der Waals surface area contributed by atoms with Crippen LogP contribution in [0.2, 0.25) is 0 Å². The first kappa shape index (κ1) is 12.0. The molecule has 0 atom stereocenters. The van der Waals surface area contributed by atoms with Crippen LogP contribution in [0, 0.1) is 6.92 Å². The summed E-state index contributed by atoms with van der Waals surface area (Å²) in [5.41, 5.74) is 1.81. The maximum absolute atomic E-state index is 11.3. The van der Waals surface area contributed by atoms with Gasteiger partial charge in [-0.3, -0.25) is 9.67 Å². The van der Waals surface area contributed by atoms with Crippen LogP contribution in [0.15, 0.2) is 18.6 Å². The summed E-state index contributed by atoms with van der Waals surface area (Å²) in [6.07, 6.45) is 4.70. The minimum atomic E-state index is -0.519. The van der Waals surface area contributed by atoms with Gasteiger partial charge in [0.25, 0.3) is 0 Å². The highest BCUT2D eigenvalue weighted by molar-refractivity contribution is 5.87. The van der Waals surface area contributed by atoms with E-state index in [1.54, 1.807) is 4.68 Å². The van der Waals surface area contributed by atoms with Gasteiger partial charge in [0.05, 0.1) is 30.9 Å². The van der Waals surface area contributed by atoms with E-state index in [0.717, 1.165) is 11.4 Å². The Morgan fingerprint density at radius 1 is 1.44 bits per heavy atom. The lowest BCUT2D eigenvalue weighted by atomic mass is 10.4. The number of ether oxygens (including phenoxy) is 1. The molecule has 0 aliphatic heterocycles. The van der Waals surface area contributed by atoms with E-state index in [1.165, 1.54) is 19.5 Å². The summed E-state index contributed by atoms with van der Waals surface area (Å²) in [6.45, 7) is 1.87. The summed E-state index contributed by atoms with van der Waals surface area (Å²) in [6, 6.07) is 0. The molecule has 0 unspecified atom stereocenters. The van der Waals surface area contributed by atoms with E-state index < -0.39 is 5.97 Å². The van der Waals surface area contributed by atoms with Gasteiger partial charge in [0.2, 0.25) is 0 Å². The zero-order valence-corrected chi connectivity index (χ0v) is 10.3. The van der Waals surface area contributed by atoms with Crippen molar-refractivity contribution in [1.29, 1.82) is 0 Å². The normalized spacial score (nSPS) is 10.2. The quantitative estimate of drug-likeness (QED) is 0.816. The number of aromatic nitrogens is 4. The molecule has 2 aromatic heterocycles. The Hall–Kier alpha value is -2.44. The topological polar surface area (TPSA) is 81.9 Å². The third-order valence-electron chi connectivity index (χ3n) is 2.31. The number of hydrogen-bond acceptors (Lipinski definition) is 6. The summed E-state index contributed by atoms with van der Waals surface area (Å²) in [7, 11) is 3.13. The van der Waals surface area contributed by atoms with E-state index in [1.807, 2.05) is 20.2 Å². The summed E-state index contributed by atoms with van der Waals surface area (Å²) in [5, 5.41) is 7.24. The van der Waals surface area contributed by atoms with Crippen molar-refractivity contribution in [2.75, 3.05) is 12.4 Å². The van der Waals surface area contributed by atoms with Crippen molar-refractivity contribution in [3.05, 3.63) is 30.0 Å². The molecule has 0 saturated heterocycles. The minimum absolute atomic E-state index is 0.157. The number of aryl methyl sites for hydroxylation is 2. The average Bonchev–Trinajstić information content (AvgIpc) is 2.67. The molecule has 18 heavy (non-hydrogen) atoms. The van der Waals surface area contributed by atoms with Crippen molar-refractivity contribution < 1.29 is 9.53 Å². The third kappa shape index (κ3) is 2.45. The van der Waals surface area contributed by atoms with Crippen LogP contribution in [0.4, 0.5) is 11.5 Å². The molecule has 94 valence electrons. The highest BCUT2D eigenvalue weighted by Crippen LogP contribution is 2.16. The fourth-order valence-electron chi connectivity index (χ4n) is 1.49. The maximum atomic E-state index is 11.3. The van der Waals surface area contributed by atoms with E-state index in [9.17, 15) is 4.79 Å². The first-order chi connectivity index (χ1) is 8.60. The lowest BCUT2D eigenvalue weighted by Crippen LogP contribution is -2.06. The summed E-state index contributed by atoms with van der Waals surface area (Å²) < 4.78 is 6.27. The molecule has 2 heterocycles. The lowest BCUT2D eigenvalue weighted by Gasteiger charge is -2.04. The molecule has 0 aliphatic rings. The standard InChI is InChI=1S/C11H13N5O2/c1-7-9(6-16(2)15-7)14-10-5-12-4-8(13-10)11(17)18-3/h4-6H,1-3H3,(H,13,14). The number of nitrogens with one attached hydrogen (secondary N) is 1. The Bertz CT molecular complexity index is 579. The van der Waals surface area contributed by atoms with Gasteiger partial charge in [-0.1, -0.05) is 0 Å². The van der Waals surface area contributed by atoms with Crippen molar-refractivity contribution >= 4 is 17.5 Å². The van der Waals surface area contributed by atoms with Crippen molar-refractivity contribution in [1.82, 2.24) is 19.7 Å². The molecule has 1 N–H and O–H groups in total. The van der Waals surface area contributed by atoms with Crippen LogP contribution in [0.25, 0.3) is 0 Å². The molecular weight excluding hydrogens is 234 g/mol. The summed E-state index contributed by atoms with van der Waals surface area (Å²) in [5.74, 6) is -0.0527. The number of esters is 1. The number of rotatable bonds is 3. The summed E-state index contributed by atoms with van der Waals surface area (Å²) in [4.78, 5) is 19.4. The van der Waals surface area contributed by atoms with Gasteiger partial charge in [-0.25, -0.2) is 9.78 Å². The first-order valence-corrected chi connectivity index (χ1v) is 5.28. The van der Waals surface area contributed by atoms with Crippen molar-refractivity contribution in [3.63, 3.8) is 0 Å². The van der Waals surface area contributed by atoms with Crippen LogP contribution in [0.1, 0.15) is 16.2 Å². The molecular formula is C11H13N5O2. The first-order valence-electron chi connectivity index (χ1n) is 5.28. The van der Waals surface area contributed by atoms with Crippen LogP contribution in [-0.2, 0) is 11.8 Å². The fraction of sp³-hybridized carbons (Fsp3) is 0.273. The van der Waals surface area contributed by atoms with E-state index in [2.05, 4.69) is 25.1 Å². The molecule has 0 radical (unpaired) electrons. The third-order valence-corrected chi connectivity index (χ3v) is 2.31. The van der Waals surface area contributed by atoms with Crippen LogP contribution < -0.4 is 5.32 Å². The van der Waals surface area contributed by atoms with Crippen molar-refractivity contribution in [2.45, 2.75) is 6.92 Å². The molecule has 7 heteroatoms. The monoisotopic (exact) mass is 247 g/mol. The SMILES string of the molecule is COC(=O)c1cncc(Nc2cn(C)nc2C)n1. The lowest BCUT2D eigenvalue weighted by molar-refractivity contribution is 0.0593. The second-order valence-corrected chi connectivity index (χ2v) is 3.71. The summed E-state index contributed by atoms with van der Waals surface area (Å²) >= 11 is 0. The van der Waals surface area contributed by atoms with Gasteiger partial charge >= 0.3 is 5.97 Å². The molecule has 0 fully saturated rings. The van der Waals surface area contributed by atoms with Crippen LogP contribution >= 0.6 is 0 Å². The molecule has 0 spiro atoms. The molecule has 0 aliphatic carbocycles. The Balaban J connectivity index is 2.24. The largest absolute Gasteiger partial charge is 0.464 e. The Morgan fingerprint density at radius 2 is 2.22 bits per heavy atom. The highest BCUT2D eigenvalue weighted by Gasteiger charge is 2.10.